The first-order valence-corrected chi connectivity index (χ1v) is 10.1. The second kappa shape index (κ2) is 7.10. The first kappa shape index (κ1) is 18.0. The van der Waals surface area contributed by atoms with E-state index in [0.29, 0.717) is 11.3 Å². The number of rotatable bonds is 3. The van der Waals surface area contributed by atoms with Crippen molar-refractivity contribution >= 4 is 16.7 Å². The van der Waals surface area contributed by atoms with E-state index < -0.39 is 0 Å². The van der Waals surface area contributed by atoms with Gasteiger partial charge in [-0.3, -0.25) is 9.59 Å². The molecule has 3 aromatic rings. The van der Waals surface area contributed by atoms with Gasteiger partial charge in [-0.15, -0.1) is 0 Å². The molecule has 0 aliphatic carbocycles. The highest BCUT2D eigenvalue weighted by molar-refractivity contribution is 5.81. The SMILES string of the molecule is O=C(Cn1ncc2ccccc2c1=O)N1C2CCC1CC(c1ccc(F)cc1)C2. The maximum Gasteiger partial charge on any atom is 0.275 e. The highest BCUT2D eigenvalue weighted by Gasteiger charge is 2.43. The van der Waals surface area contributed by atoms with Crippen LogP contribution in [0.1, 0.15) is 37.2 Å². The van der Waals surface area contributed by atoms with Crippen LogP contribution in [0, 0.1) is 5.82 Å². The lowest BCUT2D eigenvalue weighted by Gasteiger charge is -2.39. The lowest BCUT2D eigenvalue weighted by atomic mass is 9.85. The van der Waals surface area contributed by atoms with Gasteiger partial charge in [0.2, 0.25) is 5.91 Å². The Bertz CT molecular complexity index is 1110. The lowest BCUT2D eigenvalue weighted by molar-refractivity contribution is -0.136. The molecule has 3 heterocycles. The molecule has 0 spiro atoms. The van der Waals surface area contributed by atoms with Gasteiger partial charge in [0.1, 0.15) is 12.4 Å². The molecule has 2 aliphatic heterocycles. The van der Waals surface area contributed by atoms with Crippen molar-refractivity contribution in [2.75, 3.05) is 0 Å². The van der Waals surface area contributed by atoms with Crippen molar-refractivity contribution < 1.29 is 9.18 Å². The molecule has 1 amide bonds. The summed E-state index contributed by atoms with van der Waals surface area (Å²) < 4.78 is 14.5. The van der Waals surface area contributed by atoms with E-state index in [4.69, 9.17) is 0 Å². The Kier molecular flexibility index (Phi) is 4.42. The summed E-state index contributed by atoms with van der Waals surface area (Å²) in [4.78, 5) is 27.7. The number of amides is 1. The van der Waals surface area contributed by atoms with Crippen molar-refractivity contribution in [2.24, 2.45) is 0 Å². The maximum atomic E-state index is 13.2. The van der Waals surface area contributed by atoms with E-state index in [1.807, 2.05) is 35.2 Å². The van der Waals surface area contributed by atoms with Crippen molar-refractivity contribution in [1.82, 2.24) is 14.7 Å². The number of carbonyl (C=O) groups is 1. The zero-order valence-corrected chi connectivity index (χ0v) is 16.0. The molecule has 0 saturated carbocycles. The Morgan fingerprint density at radius 3 is 2.45 bits per heavy atom. The fourth-order valence-electron chi connectivity index (χ4n) is 5.04. The minimum atomic E-state index is -0.231. The largest absolute Gasteiger partial charge is 0.335 e. The smallest absolute Gasteiger partial charge is 0.275 e. The number of benzene rings is 2. The molecule has 29 heavy (non-hydrogen) atoms. The number of halogens is 1. The molecule has 5 nitrogen and oxygen atoms in total. The van der Waals surface area contributed by atoms with Crippen LogP contribution in [0.2, 0.25) is 0 Å². The number of nitrogens with zero attached hydrogens (tertiary/aromatic N) is 3. The zero-order chi connectivity index (χ0) is 20.0. The standard InChI is InChI=1S/C23H22FN3O2/c24-18-7-5-15(6-8-18)17-11-19-9-10-20(12-17)27(19)22(28)14-26-23(29)21-4-2-1-3-16(21)13-25-26/h1-8,13,17,19-20H,9-12,14H2. The second-order valence-electron chi connectivity index (χ2n) is 8.10. The predicted molar refractivity (Wildman–Crippen MR) is 108 cm³/mol. The average molecular weight is 391 g/mol. The zero-order valence-electron chi connectivity index (χ0n) is 16.0. The summed E-state index contributed by atoms with van der Waals surface area (Å²) in [6.07, 6.45) is 5.36. The Balaban J connectivity index is 1.35. The van der Waals surface area contributed by atoms with Crippen LogP contribution in [0.25, 0.3) is 10.8 Å². The molecule has 6 heteroatoms. The monoisotopic (exact) mass is 391 g/mol. The van der Waals surface area contributed by atoms with E-state index in [0.717, 1.165) is 36.6 Å². The Labute approximate surface area is 167 Å². The van der Waals surface area contributed by atoms with Crippen LogP contribution in [0.15, 0.2) is 59.5 Å². The van der Waals surface area contributed by atoms with Gasteiger partial charge in [-0.2, -0.15) is 5.10 Å². The van der Waals surface area contributed by atoms with E-state index in [2.05, 4.69) is 5.10 Å². The normalized spacial score (nSPS) is 23.5. The summed E-state index contributed by atoms with van der Waals surface area (Å²) in [7, 11) is 0. The molecule has 148 valence electrons. The number of aromatic nitrogens is 2. The quantitative estimate of drug-likeness (QED) is 0.687. The molecule has 1 aromatic heterocycles. The third-order valence-electron chi connectivity index (χ3n) is 6.41. The number of carbonyl (C=O) groups excluding carboxylic acids is 1. The minimum absolute atomic E-state index is 0.0299. The summed E-state index contributed by atoms with van der Waals surface area (Å²) in [5, 5.41) is 5.56. The molecule has 2 bridgehead atoms. The molecule has 2 aromatic carbocycles. The Morgan fingerprint density at radius 1 is 1.03 bits per heavy atom. The molecule has 2 saturated heterocycles. The van der Waals surface area contributed by atoms with Gasteiger partial charge < -0.3 is 4.90 Å². The van der Waals surface area contributed by atoms with Crippen molar-refractivity contribution in [1.29, 1.82) is 0 Å². The van der Waals surface area contributed by atoms with Crippen molar-refractivity contribution in [3.8, 4) is 0 Å². The van der Waals surface area contributed by atoms with E-state index in [1.54, 1.807) is 12.3 Å². The van der Waals surface area contributed by atoms with Gasteiger partial charge >= 0.3 is 0 Å². The minimum Gasteiger partial charge on any atom is -0.335 e. The molecule has 2 aliphatic rings. The summed E-state index contributed by atoms with van der Waals surface area (Å²) in [6, 6.07) is 14.4. The van der Waals surface area contributed by atoms with Gasteiger partial charge in [0.15, 0.2) is 0 Å². The molecule has 5 rings (SSSR count). The number of hydrogen-bond donors (Lipinski definition) is 0. The van der Waals surface area contributed by atoms with E-state index in [-0.39, 0.29) is 35.9 Å². The fourth-order valence-corrected chi connectivity index (χ4v) is 5.04. The summed E-state index contributed by atoms with van der Waals surface area (Å²) in [5.74, 6) is 0.0799. The summed E-state index contributed by atoms with van der Waals surface area (Å²) >= 11 is 0. The molecule has 0 radical (unpaired) electrons. The molecular weight excluding hydrogens is 369 g/mol. The van der Waals surface area contributed by atoms with Crippen LogP contribution < -0.4 is 5.56 Å². The van der Waals surface area contributed by atoms with E-state index >= 15 is 0 Å². The van der Waals surface area contributed by atoms with Gasteiger partial charge in [-0.05, 0) is 55.4 Å². The average Bonchev–Trinajstić information content (AvgIpc) is 3.00. The van der Waals surface area contributed by atoms with Crippen LogP contribution in [0.3, 0.4) is 0 Å². The number of hydrogen-bond acceptors (Lipinski definition) is 3. The molecule has 2 atom stereocenters. The molecule has 2 unspecified atom stereocenters. The lowest BCUT2D eigenvalue weighted by Crippen LogP contribution is -2.48. The third kappa shape index (κ3) is 3.22. The number of piperidine rings is 1. The highest BCUT2D eigenvalue weighted by Crippen LogP contribution is 2.43. The van der Waals surface area contributed by atoms with Crippen LogP contribution in [0.5, 0.6) is 0 Å². The second-order valence-corrected chi connectivity index (χ2v) is 8.10. The predicted octanol–water partition coefficient (Wildman–Crippen LogP) is 3.47. The first-order chi connectivity index (χ1) is 14.1. The Hall–Kier alpha value is -3.02. The van der Waals surface area contributed by atoms with Crippen molar-refractivity contribution in [3.05, 3.63) is 76.5 Å². The van der Waals surface area contributed by atoms with Gasteiger partial charge in [0, 0.05) is 17.5 Å². The van der Waals surface area contributed by atoms with E-state index in [1.165, 1.54) is 16.8 Å². The maximum absolute atomic E-state index is 13.2. The van der Waals surface area contributed by atoms with Crippen LogP contribution >= 0.6 is 0 Å². The highest BCUT2D eigenvalue weighted by atomic mass is 19.1. The van der Waals surface area contributed by atoms with Gasteiger partial charge in [-0.25, -0.2) is 9.07 Å². The van der Waals surface area contributed by atoms with Crippen LogP contribution in [0.4, 0.5) is 4.39 Å². The van der Waals surface area contributed by atoms with Crippen molar-refractivity contribution in [2.45, 2.75) is 50.2 Å². The van der Waals surface area contributed by atoms with Gasteiger partial charge in [0.25, 0.3) is 5.56 Å². The number of fused-ring (bicyclic) bond motifs is 3. The molecule has 0 N–H and O–H groups in total. The summed E-state index contributed by atoms with van der Waals surface area (Å²) in [6.45, 7) is -0.0299. The third-order valence-corrected chi connectivity index (χ3v) is 6.41. The molecular formula is C23H22FN3O2. The topological polar surface area (TPSA) is 55.2 Å². The van der Waals surface area contributed by atoms with E-state index in [9.17, 15) is 14.0 Å². The molecule has 2 fully saturated rings. The van der Waals surface area contributed by atoms with Crippen LogP contribution in [-0.2, 0) is 11.3 Å². The van der Waals surface area contributed by atoms with Crippen LogP contribution in [-0.4, -0.2) is 32.7 Å². The van der Waals surface area contributed by atoms with Gasteiger partial charge in [0.05, 0.1) is 11.6 Å². The van der Waals surface area contributed by atoms with Crippen molar-refractivity contribution in [3.63, 3.8) is 0 Å². The fraction of sp³-hybridized carbons (Fsp3) is 0.348. The Morgan fingerprint density at radius 2 is 1.72 bits per heavy atom. The summed E-state index contributed by atoms with van der Waals surface area (Å²) in [5.41, 5.74) is 0.910. The first-order valence-electron chi connectivity index (χ1n) is 10.1. The van der Waals surface area contributed by atoms with Gasteiger partial charge in [-0.1, -0.05) is 30.3 Å².